The lowest BCUT2D eigenvalue weighted by molar-refractivity contribution is 0.0512. The van der Waals surface area contributed by atoms with Crippen LogP contribution in [0.2, 0.25) is 0 Å². The van der Waals surface area contributed by atoms with Crippen molar-refractivity contribution >= 4 is 5.97 Å². The third kappa shape index (κ3) is 3.72. The Balaban J connectivity index is 2.37. The van der Waals surface area contributed by atoms with Gasteiger partial charge in [0.15, 0.2) is 0 Å². The standard InChI is InChI=1S/C17H21FN2O2/c1-5-22-16(21)14-10-15(17(2,3)4)19-20(14)11-12-6-8-13(18)9-7-12/h6-10H,5,11H2,1-4H3. The minimum absolute atomic E-state index is 0.171. The number of hydrogen-bond acceptors (Lipinski definition) is 3. The molecule has 2 rings (SSSR count). The summed E-state index contributed by atoms with van der Waals surface area (Å²) in [7, 11) is 0. The number of aromatic nitrogens is 2. The molecule has 0 N–H and O–H groups in total. The molecule has 118 valence electrons. The molecule has 0 amide bonds. The maximum Gasteiger partial charge on any atom is 0.356 e. The molecule has 0 saturated carbocycles. The number of rotatable bonds is 4. The quantitative estimate of drug-likeness (QED) is 0.811. The Morgan fingerprint density at radius 2 is 1.91 bits per heavy atom. The topological polar surface area (TPSA) is 44.1 Å². The predicted molar refractivity (Wildman–Crippen MR) is 82.4 cm³/mol. The number of hydrogen-bond donors (Lipinski definition) is 0. The van der Waals surface area contributed by atoms with Gasteiger partial charge in [-0.2, -0.15) is 5.10 Å². The molecule has 1 aromatic carbocycles. The van der Waals surface area contributed by atoms with Crippen LogP contribution in [0, 0.1) is 5.82 Å². The second-order valence-corrected chi connectivity index (χ2v) is 6.17. The Hall–Kier alpha value is -2.17. The smallest absolute Gasteiger partial charge is 0.356 e. The summed E-state index contributed by atoms with van der Waals surface area (Å²) in [5, 5.41) is 4.52. The molecule has 0 unspecified atom stereocenters. The SMILES string of the molecule is CCOC(=O)c1cc(C(C)(C)C)nn1Cc1ccc(F)cc1. The molecule has 0 radical (unpaired) electrons. The van der Waals surface area contributed by atoms with E-state index in [0.717, 1.165) is 11.3 Å². The molecule has 0 aliphatic carbocycles. The highest BCUT2D eigenvalue weighted by Gasteiger charge is 2.23. The maximum atomic E-state index is 13.0. The second kappa shape index (κ2) is 6.30. The van der Waals surface area contributed by atoms with Crippen molar-refractivity contribution in [3.8, 4) is 0 Å². The fourth-order valence-corrected chi connectivity index (χ4v) is 2.04. The molecule has 5 heteroatoms. The van der Waals surface area contributed by atoms with Crippen molar-refractivity contribution in [1.29, 1.82) is 0 Å². The highest BCUT2D eigenvalue weighted by Crippen LogP contribution is 2.22. The number of halogens is 1. The molecular weight excluding hydrogens is 283 g/mol. The van der Waals surface area contributed by atoms with E-state index in [4.69, 9.17) is 4.74 Å². The van der Waals surface area contributed by atoms with E-state index in [1.54, 1.807) is 29.8 Å². The van der Waals surface area contributed by atoms with E-state index in [0.29, 0.717) is 18.8 Å². The lowest BCUT2D eigenvalue weighted by Gasteiger charge is -2.14. The zero-order valence-corrected chi connectivity index (χ0v) is 13.4. The number of esters is 1. The van der Waals surface area contributed by atoms with Crippen LogP contribution in [0.25, 0.3) is 0 Å². The molecule has 1 heterocycles. The van der Waals surface area contributed by atoms with E-state index in [-0.39, 0.29) is 11.2 Å². The largest absolute Gasteiger partial charge is 0.461 e. The van der Waals surface area contributed by atoms with Crippen LogP contribution in [0.15, 0.2) is 30.3 Å². The summed E-state index contributed by atoms with van der Waals surface area (Å²) in [5.74, 6) is -0.683. The van der Waals surface area contributed by atoms with Crippen LogP contribution < -0.4 is 0 Å². The van der Waals surface area contributed by atoms with Gasteiger partial charge in [0.05, 0.1) is 18.8 Å². The molecule has 0 spiro atoms. The second-order valence-electron chi connectivity index (χ2n) is 6.17. The highest BCUT2D eigenvalue weighted by molar-refractivity contribution is 5.87. The fraction of sp³-hybridized carbons (Fsp3) is 0.412. The van der Waals surface area contributed by atoms with Gasteiger partial charge in [0, 0.05) is 5.41 Å². The summed E-state index contributed by atoms with van der Waals surface area (Å²) in [5.41, 5.74) is 1.93. The summed E-state index contributed by atoms with van der Waals surface area (Å²) >= 11 is 0. The van der Waals surface area contributed by atoms with Gasteiger partial charge in [-0.3, -0.25) is 4.68 Å². The van der Waals surface area contributed by atoms with Crippen LogP contribution in [0.3, 0.4) is 0 Å². The van der Waals surface area contributed by atoms with Gasteiger partial charge in [0.25, 0.3) is 0 Å². The molecule has 2 aromatic rings. The molecule has 4 nitrogen and oxygen atoms in total. The summed E-state index contributed by atoms with van der Waals surface area (Å²) in [6, 6.07) is 7.92. The third-order valence-electron chi connectivity index (χ3n) is 3.28. The first-order chi connectivity index (χ1) is 10.3. The van der Waals surface area contributed by atoms with Crippen LogP contribution in [0.5, 0.6) is 0 Å². The summed E-state index contributed by atoms with van der Waals surface area (Å²) in [4.78, 5) is 12.1. The van der Waals surface area contributed by atoms with E-state index in [1.807, 2.05) is 20.8 Å². The van der Waals surface area contributed by atoms with E-state index in [9.17, 15) is 9.18 Å². The number of benzene rings is 1. The van der Waals surface area contributed by atoms with Gasteiger partial charge in [0.1, 0.15) is 11.5 Å². The first-order valence-corrected chi connectivity index (χ1v) is 7.31. The maximum absolute atomic E-state index is 13.0. The van der Waals surface area contributed by atoms with Crippen LogP contribution in [-0.4, -0.2) is 22.4 Å². The van der Waals surface area contributed by atoms with Crippen molar-refractivity contribution in [1.82, 2.24) is 9.78 Å². The number of carbonyl (C=O) groups excluding carboxylic acids is 1. The number of ether oxygens (including phenoxy) is 1. The van der Waals surface area contributed by atoms with Gasteiger partial charge in [-0.1, -0.05) is 32.9 Å². The summed E-state index contributed by atoms with van der Waals surface area (Å²) in [6.45, 7) is 8.57. The zero-order valence-electron chi connectivity index (χ0n) is 13.4. The molecule has 0 fully saturated rings. The first-order valence-electron chi connectivity index (χ1n) is 7.31. The molecule has 0 saturated heterocycles. The lowest BCUT2D eigenvalue weighted by atomic mass is 9.92. The van der Waals surface area contributed by atoms with Crippen molar-refractivity contribution in [2.24, 2.45) is 0 Å². The van der Waals surface area contributed by atoms with Crippen molar-refractivity contribution in [3.63, 3.8) is 0 Å². The van der Waals surface area contributed by atoms with Crippen LogP contribution in [-0.2, 0) is 16.7 Å². The highest BCUT2D eigenvalue weighted by atomic mass is 19.1. The van der Waals surface area contributed by atoms with Crippen LogP contribution >= 0.6 is 0 Å². The molecular formula is C17H21FN2O2. The van der Waals surface area contributed by atoms with E-state index in [2.05, 4.69) is 5.10 Å². The minimum atomic E-state index is -0.396. The lowest BCUT2D eigenvalue weighted by Crippen LogP contribution is -2.15. The average molecular weight is 304 g/mol. The average Bonchev–Trinajstić information content (AvgIpc) is 2.86. The third-order valence-corrected chi connectivity index (χ3v) is 3.28. The summed E-state index contributed by atoms with van der Waals surface area (Å²) < 4.78 is 19.7. The zero-order chi connectivity index (χ0) is 16.3. The minimum Gasteiger partial charge on any atom is -0.461 e. The Labute approximate surface area is 129 Å². The molecule has 0 bridgehead atoms. The van der Waals surface area contributed by atoms with Gasteiger partial charge < -0.3 is 4.74 Å². The van der Waals surface area contributed by atoms with Gasteiger partial charge in [0.2, 0.25) is 0 Å². The van der Waals surface area contributed by atoms with Gasteiger partial charge in [-0.15, -0.1) is 0 Å². The monoisotopic (exact) mass is 304 g/mol. The van der Waals surface area contributed by atoms with Gasteiger partial charge >= 0.3 is 5.97 Å². The molecule has 22 heavy (non-hydrogen) atoms. The van der Waals surface area contributed by atoms with Gasteiger partial charge in [-0.05, 0) is 30.7 Å². The Kier molecular flexibility index (Phi) is 4.64. The fourth-order valence-electron chi connectivity index (χ4n) is 2.04. The Morgan fingerprint density at radius 3 is 2.45 bits per heavy atom. The molecule has 0 aliphatic heterocycles. The van der Waals surface area contributed by atoms with Crippen LogP contribution in [0.1, 0.15) is 49.4 Å². The predicted octanol–water partition coefficient (Wildman–Crippen LogP) is 3.54. The first kappa shape index (κ1) is 16.2. The van der Waals surface area contributed by atoms with Crippen molar-refractivity contribution < 1.29 is 13.9 Å². The van der Waals surface area contributed by atoms with E-state index in [1.165, 1.54) is 12.1 Å². The van der Waals surface area contributed by atoms with Gasteiger partial charge in [-0.25, -0.2) is 9.18 Å². The van der Waals surface area contributed by atoms with E-state index < -0.39 is 5.97 Å². The van der Waals surface area contributed by atoms with Crippen molar-refractivity contribution in [2.75, 3.05) is 6.61 Å². The van der Waals surface area contributed by atoms with E-state index >= 15 is 0 Å². The molecule has 1 aromatic heterocycles. The normalized spacial score (nSPS) is 11.5. The Morgan fingerprint density at radius 1 is 1.27 bits per heavy atom. The molecule has 0 atom stereocenters. The number of nitrogens with zero attached hydrogens (tertiary/aromatic N) is 2. The van der Waals surface area contributed by atoms with Crippen molar-refractivity contribution in [3.05, 3.63) is 53.1 Å². The summed E-state index contributed by atoms with van der Waals surface area (Å²) in [6.07, 6.45) is 0. The number of carbonyl (C=O) groups is 1. The molecule has 0 aliphatic rings. The Bertz CT molecular complexity index is 654. The van der Waals surface area contributed by atoms with Crippen LogP contribution in [0.4, 0.5) is 4.39 Å². The van der Waals surface area contributed by atoms with Crippen molar-refractivity contribution in [2.45, 2.75) is 39.7 Å².